The molecule has 1 aliphatic rings. The van der Waals surface area contributed by atoms with E-state index in [1.54, 1.807) is 18.2 Å². The number of carboxylic acid groups (broad SMARTS) is 1. The predicted octanol–water partition coefficient (Wildman–Crippen LogP) is 4.57. The molecular weight excluding hydrogens is 461 g/mol. The van der Waals surface area contributed by atoms with Gasteiger partial charge in [-0.15, -0.1) is 0 Å². The minimum absolute atomic E-state index is 0.0302. The highest BCUT2D eigenvalue weighted by molar-refractivity contribution is 9.12. The second-order valence-corrected chi connectivity index (χ2v) is 8.34. The Bertz CT molecular complexity index is 599. The van der Waals surface area contributed by atoms with Crippen molar-refractivity contribution >= 4 is 72.6 Å². The Morgan fingerprint density at radius 1 is 1.09 bits per heavy atom. The summed E-state index contributed by atoms with van der Waals surface area (Å²) in [6, 6.07) is 4.75. The summed E-state index contributed by atoms with van der Waals surface area (Å²) in [5, 5.41) is 12.8. The third kappa shape index (κ3) is 4.16. The number of hydrogen-bond acceptors (Lipinski definition) is 2. The summed E-state index contributed by atoms with van der Waals surface area (Å²) in [6.07, 6.45) is 0.838. The van der Waals surface area contributed by atoms with Crippen LogP contribution in [0.3, 0.4) is 0 Å². The second kappa shape index (κ2) is 7.51. The number of halogens is 4. The van der Waals surface area contributed by atoms with Gasteiger partial charge in [0.25, 0.3) is 0 Å². The van der Waals surface area contributed by atoms with Gasteiger partial charge in [-0.05, 0) is 31.0 Å². The summed E-state index contributed by atoms with van der Waals surface area (Å²) in [6.45, 7) is 0. The van der Waals surface area contributed by atoms with E-state index in [0.29, 0.717) is 28.6 Å². The Hall–Kier alpha value is -0.300. The van der Waals surface area contributed by atoms with Crippen LogP contribution in [0.1, 0.15) is 12.8 Å². The van der Waals surface area contributed by atoms with Gasteiger partial charge in [0.1, 0.15) is 0 Å². The van der Waals surface area contributed by atoms with Crippen LogP contribution in [0.25, 0.3) is 0 Å². The van der Waals surface area contributed by atoms with Gasteiger partial charge in [0.05, 0.1) is 21.9 Å². The Labute approximate surface area is 154 Å². The predicted molar refractivity (Wildman–Crippen MR) is 94.4 cm³/mol. The molecule has 1 saturated carbocycles. The first kappa shape index (κ1) is 18.0. The fourth-order valence-electron chi connectivity index (χ4n) is 2.48. The van der Waals surface area contributed by atoms with Crippen LogP contribution in [0.4, 0.5) is 5.69 Å². The molecule has 0 radical (unpaired) electrons. The summed E-state index contributed by atoms with van der Waals surface area (Å²) >= 11 is 18.7. The molecule has 1 amide bonds. The molecule has 1 aromatic carbocycles. The van der Waals surface area contributed by atoms with Crippen LogP contribution in [-0.4, -0.2) is 26.6 Å². The zero-order valence-electron chi connectivity index (χ0n) is 11.2. The Morgan fingerprint density at radius 2 is 1.68 bits per heavy atom. The zero-order chi connectivity index (χ0) is 16.4. The number of rotatable bonds is 3. The lowest BCUT2D eigenvalue weighted by atomic mass is 9.78. The van der Waals surface area contributed by atoms with E-state index in [4.69, 9.17) is 23.2 Å². The van der Waals surface area contributed by atoms with Crippen LogP contribution in [0.5, 0.6) is 0 Å². The molecule has 1 aromatic rings. The lowest BCUT2D eigenvalue weighted by molar-refractivity contribution is -0.147. The van der Waals surface area contributed by atoms with E-state index in [0.717, 1.165) is 0 Å². The van der Waals surface area contributed by atoms with Crippen molar-refractivity contribution in [3.8, 4) is 0 Å². The molecule has 4 nitrogen and oxygen atoms in total. The van der Waals surface area contributed by atoms with E-state index in [1.165, 1.54) is 0 Å². The molecular formula is C14H13Br2Cl2NO3. The largest absolute Gasteiger partial charge is 0.481 e. The molecule has 2 N–H and O–H groups in total. The van der Waals surface area contributed by atoms with Crippen LogP contribution in [0.2, 0.25) is 10.0 Å². The fourth-order valence-corrected chi connectivity index (χ4v) is 4.02. The number of amides is 1. The van der Waals surface area contributed by atoms with Crippen LogP contribution in [-0.2, 0) is 9.59 Å². The van der Waals surface area contributed by atoms with E-state index in [2.05, 4.69) is 37.2 Å². The first-order chi connectivity index (χ1) is 10.3. The SMILES string of the molecule is O=C(O)[C@H]1C[C@@H](Br)[C@H](Br)C[C@H]1C(=O)Nc1ccc(Cl)c(Cl)c1. The van der Waals surface area contributed by atoms with Gasteiger partial charge in [-0.25, -0.2) is 0 Å². The normalized spacial score (nSPS) is 28.2. The standard InChI is InChI=1S/C14H13Br2Cl2NO3/c15-9-4-7(8(14(21)22)5-10(9)16)13(20)19-6-1-2-11(17)12(18)3-6/h1-3,7-10H,4-5H2,(H,19,20)(H,21,22)/t7-,8+,9-,10-/m1/s1. The molecule has 22 heavy (non-hydrogen) atoms. The first-order valence-corrected chi connectivity index (χ1v) is 9.15. The fraction of sp³-hybridized carbons (Fsp3) is 0.429. The third-order valence-corrected chi connectivity index (χ3v) is 7.15. The molecule has 4 atom stereocenters. The van der Waals surface area contributed by atoms with E-state index >= 15 is 0 Å². The highest BCUT2D eigenvalue weighted by Crippen LogP contribution is 2.38. The van der Waals surface area contributed by atoms with Gasteiger partial charge in [-0.2, -0.15) is 0 Å². The van der Waals surface area contributed by atoms with Gasteiger partial charge in [-0.3, -0.25) is 9.59 Å². The molecule has 0 saturated heterocycles. The van der Waals surface area contributed by atoms with Crippen molar-refractivity contribution in [1.82, 2.24) is 0 Å². The van der Waals surface area contributed by atoms with Crippen LogP contribution < -0.4 is 5.32 Å². The van der Waals surface area contributed by atoms with Gasteiger partial charge in [-0.1, -0.05) is 55.1 Å². The van der Waals surface area contributed by atoms with E-state index in [9.17, 15) is 14.7 Å². The average molecular weight is 474 g/mol. The Kier molecular flexibility index (Phi) is 6.16. The molecule has 1 fully saturated rings. The maximum atomic E-state index is 12.4. The van der Waals surface area contributed by atoms with Crippen LogP contribution in [0.15, 0.2) is 18.2 Å². The minimum Gasteiger partial charge on any atom is -0.481 e. The summed E-state index contributed by atoms with van der Waals surface area (Å²) < 4.78 is 0. The van der Waals surface area contributed by atoms with E-state index in [1.807, 2.05) is 0 Å². The zero-order valence-corrected chi connectivity index (χ0v) is 15.9. The molecule has 1 aliphatic carbocycles. The van der Waals surface area contributed by atoms with Crippen molar-refractivity contribution in [3.63, 3.8) is 0 Å². The lowest BCUT2D eigenvalue weighted by Crippen LogP contribution is -2.42. The van der Waals surface area contributed by atoms with Crippen molar-refractivity contribution in [2.24, 2.45) is 11.8 Å². The number of hydrogen-bond donors (Lipinski definition) is 2. The number of carbonyl (C=O) groups is 2. The number of nitrogens with one attached hydrogen (secondary N) is 1. The molecule has 0 aromatic heterocycles. The van der Waals surface area contributed by atoms with Gasteiger partial charge < -0.3 is 10.4 Å². The summed E-state index contributed by atoms with van der Waals surface area (Å²) in [7, 11) is 0. The monoisotopic (exact) mass is 471 g/mol. The molecule has 0 unspecified atom stereocenters. The maximum absolute atomic E-state index is 12.4. The number of aliphatic carboxylic acids is 1. The maximum Gasteiger partial charge on any atom is 0.307 e. The summed E-state index contributed by atoms with van der Waals surface area (Å²) in [5.41, 5.74) is 0.496. The first-order valence-electron chi connectivity index (χ1n) is 6.56. The molecule has 0 heterocycles. The van der Waals surface area contributed by atoms with Crippen molar-refractivity contribution in [2.45, 2.75) is 22.5 Å². The summed E-state index contributed by atoms with van der Waals surface area (Å²) in [5.74, 6) is -2.61. The van der Waals surface area contributed by atoms with Crippen molar-refractivity contribution in [2.75, 3.05) is 5.32 Å². The topological polar surface area (TPSA) is 66.4 Å². The van der Waals surface area contributed by atoms with Crippen molar-refractivity contribution in [1.29, 1.82) is 0 Å². The third-order valence-electron chi connectivity index (χ3n) is 3.68. The second-order valence-electron chi connectivity index (χ2n) is 5.17. The number of alkyl halides is 2. The van der Waals surface area contributed by atoms with E-state index < -0.39 is 17.8 Å². The van der Waals surface area contributed by atoms with Crippen LogP contribution >= 0.6 is 55.1 Å². The highest BCUT2D eigenvalue weighted by atomic mass is 79.9. The number of benzene rings is 1. The molecule has 0 aliphatic heterocycles. The van der Waals surface area contributed by atoms with Gasteiger partial charge in [0, 0.05) is 15.3 Å². The Balaban J connectivity index is 2.15. The molecule has 0 spiro atoms. The van der Waals surface area contributed by atoms with Crippen molar-refractivity contribution < 1.29 is 14.7 Å². The minimum atomic E-state index is -0.960. The van der Waals surface area contributed by atoms with E-state index in [-0.39, 0.29) is 15.6 Å². The molecule has 8 heteroatoms. The smallest absolute Gasteiger partial charge is 0.307 e. The van der Waals surface area contributed by atoms with Crippen LogP contribution in [0, 0.1) is 11.8 Å². The number of anilines is 1. The number of carbonyl (C=O) groups excluding carboxylic acids is 1. The lowest BCUT2D eigenvalue weighted by Gasteiger charge is -2.34. The molecule has 120 valence electrons. The number of carboxylic acids is 1. The highest BCUT2D eigenvalue weighted by Gasteiger charge is 2.42. The van der Waals surface area contributed by atoms with Gasteiger partial charge in [0.2, 0.25) is 5.91 Å². The van der Waals surface area contributed by atoms with Gasteiger partial charge >= 0.3 is 5.97 Å². The quantitative estimate of drug-likeness (QED) is 0.632. The molecule has 2 rings (SSSR count). The molecule has 0 bridgehead atoms. The van der Waals surface area contributed by atoms with Gasteiger partial charge in [0.15, 0.2) is 0 Å². The average Bonchev–Trinajstić information content (AvgIpc) is 2.45. The summed E-state index contributed by atoms with van der Waals surface area (Å²) in [4.78, 5) is 23.9. The Morgan fingerprint density at radius 3 is 2.23 bits per heavy atom. The van der Waals surface area contributed by atoms with Crippen molar-refractivity contribution in [3.05, 3.63) is 28.2 Å².